The molecule has 3 aromatic carbocycles. The first kappa shape index (κ1) is 28.4. The molecule has 1 aliphatic rings. The van der Waals surface area contributed by atoms with Gasteiger partial charge in [0.25, 0.3) is 0 Å². The third-order valence-corrected chi connectivity index (χ3v) is 6.30. The fourth-order valence-corrected chi connectivity index (χ4v) is 4.60. The zero-order chi connectivity index (χ0) is 28.7. The molecule has 4 rings (SSSR count). The molecule has 1 aliphatic carbocycles. The number of alkyl carbamates (subject to hydrolysis) is 1. The van der Waals surface area contributed by atoms with E-state index in [1.54, 1.807) is 45.0 Å². The van der Waals surface area contributed by atoms with Crippen LogP contribution in [0.4, 0.5) is 15.3 Å². The van der Waals surface area contributed by atoms with Crippen molar-refractivity contribution < 1.29 is 28.6 Å². The first-order valence-electron chi connectivity index (χ1n) is 13.1. The molecule has 0 aliphatic heterocycles. The van der Waals surface area contributed by atoms with Gasteiger partial charge in [0.2, 0.25) is 0 Å². The van der Waals surface area contributed by atoms with Crippen LogP contribution in [-0.4, -0.2) is 43.0 Å². The maximum atomic E-state index is 13.0. The Bertz CT molecular complexity index is 1330. The third kappa shape index (κ3) is 7.28. The van der Waals surface area contributed by atoms with Crippen LogP contribution in [0, 0.1) is 0 Å². The predicted molar refractivity (Wildman–Crippen MR) is 153 cm³/mol. The lowest BCUT2D eigenvalue weighted by molar-refractivity contribution is -0.157. The molecule has 0 saturated heterocycles. The lowest BCUT2D eigenvalue weighted by Crippen LogP contribution is -2.46. The maximum absolute atomic E-state index is 13.0. The minimum absolute atomic E-state index is 0.100. The molecule has 40 heavy (non-hydrogen) atoms. The van der Waals surface area contributed by atoms with Gasteiger partial charge in [0, 0.05) is 18.0 Å². The summed E-state index contributed by atoms with van der Waals surface area (Å²) < 4.78 is 16.1. The van der Waals surface area contributed by atoms with Crippen LogP contribution in [0.15, 0.2) is 85.5 Å². The summed E-state index contributed by atoms with van der Waals surface area (Å²) in [5.74, 6) is -0.674. The van der Waals surface area contributed by atoms with Crippen molar-refractivity contribution in [3.63, 3.8) is 0 Å². The second-order valence-electron chi connectivity index (χ2n) is 10.5. The Morgan fingerprint density at radius 1 is 0.875 bits per heavy atom. The van der Waals surface area contributed by atoms with E-state index >= 15 is 0 Å². The Morgan fingerprint density at radius 2 is 1.48 bits per heavy atom. The van der Waals surface area contributed by atoms with Crippen molar-refractivity contribution >= 4 is 23.8 Å². The summed E-state index contributed by atoms with van der Waals surface area (Å²) in [7, 11) is 0. The van der Waals surface area contributed by atoms with Gasteiger partial charge in [0.15, 0.2) is 0 Å². The van der Waals surface area contributed by atoms with Crippen molar-refractivity contribution in [2.45, 2.75) is 44.8 Å². The topological polar surface area (TPSA) is 103 Å². The average molecular weight is 543 g/mol. The fraction of sp³-hybridized carbons (Fsp3) is 0.281. The van der Waals surface area contributed by atoms with Crippen LogP contribution in [0.1, 0.15) is 43.4 Å². The summed E-state index contributed by atoms with van der Waals surface area (Å²) in [6, 6.07) is 22.0. The standard InChI is InChI=1S/C32H34N2O6/c1-5-18-38-30(36)33-22-16-14-21(15-17-22)19-28(29(35)40-32(2,3)4)34-31(37)39-20-27-25-12-8-6-10-23(25)24-11-7-9-13-26(24)27/h5-17,27-28H,1,18-20H2,2-4H3,(H,33,36)(H,34,37)/t28-/m0/s1. The lowest BCUT2D eigenvalue weighted by atomic mass is 9.98. The molecule has 0 fully saturated rings. The molecule has 0 heterocycles. The molecule has 0 aromatic heterocycles. The number of fused-ring (bicyclic) bond motifs is 3. The first-order valence-corrected chi connectivity index (χ1v) is 13.1. The summed E-state index contributed by atoms with van der Waals surface area (Å²) in [6.45, 7) is 9.03. The van der Waals surface area contributed by atoms with E-state index in [-0.39, 0.29) is 25.6 Å². The number of nitrogens with one attached hydrogen (secondary N) is 2. The molecule has 208 valence electrons. The van der Waals surface area contributed by atoms with Crippen molar-refractivity contribution in [2.75, 3.05) is 18.5 Å². The summed E-state index contributed by atoms with van der Waals surface area (Å²) >= 11 is 0. The SMILES string of the molecule is C=CCOC(=O)Nc1ccc(C[C@H](NC(=O)OCC2c3ccccc3-c3ccccc32)C(=O)OC(C)(C)C)cc1. The number of ether oxygens (including phenoxy) is 3. The Balaban J connectivity index is 1.42. The molecule has 0 bridgehead atoms. The van der Waals surface area contributed by atoms with E-state index in [4.69, 9.17) is 14.2 Å². The smallest absolute Gasteiger partial charge is 0.411 e. The molecule has 3 aromatic rings. The van der Waals surface area contributed by atoms with Crippen LogP contribution in [-0.2, 0) is 25.4 Å². The van der Waals surface area contributed by atoms with Gasteiger partial charge in [0.1, 0.15) is 24.9 Å². The molecular weight excluding hydrogens is 508 g/mol. The highest BCUT2D eigenvalue weighted by molar-refractivity contribution is 5.85. The molecule has 0 saturated carbocycles. The molecule has 0 unspecified atom stereocenters. The van der Waals surface area contributed by atoms with E-state index in [9.17, 15) is 14.4 Å². The van der Waals surface area contributed by atoms with Gasteiger partial charge in [-0.1, -0.05) is 73.3 Å². The Labute approximate surface area is 234 Å². The third-order valence-electron chi connectivity index (χ3n) is 6.30. The van der Waals surface area contributed by atoms with Crippen molar-refractivity contribution in [3.8, 4) is 11.1 Å². The van der Waals surface area contributed by atoms with Crippen LogP contribution in [0.2, 0.25) is 0 Å². The molecule has 2 amide bonds. The van der Waals surface area contributed by atoms with Gasteiger partial charge in [-0.2, -0.15) is 0 Å². The first-order chi connectivity index (χ1) is 19.1. The van der Waals surface area contributed by atoms with E-state index < -0.39 is 29.8 Å². The van der Waals surface area contributed by atoms with E-state index in [0.29, 0.717) is 5.69 Å². The molecule has 0 spiro atoms. The van der Waals surface area contributed by atoms with E-state index in [1.165, 1.54) is 6.08 Å². The minimum Gasteiger partial charge on any atom is -0.458 e. The fourth-order valence-electron chi connectivity index (χ4n) is 4.60. The number of rotatable bonds is 9. The molecule has 8 heteroatoms. The highest BCUT2D eigenvalue weighted by Crippen LogP contribution is 2.44. The number of hydrogen-bond acceptors (Lipinski definition) is 6. The monoisotopic (exact) mass is 542 g/mol. The quantitative estimate of drug-likeness (QED) is 0.189. The number of anilines is 1. The van der Waals surface area contributed by atoms with Gasteiger partial charge in [-0.3, -0.25) is 5.32 Å². The van der Waals surface area contributed by atoms with Gasteiger partial charge < -0.3 is 19.5 Å². The van der Waals surface area contributed by atoms with Gasteiger partial charge in [0.05, 0.1) is 0 Å². The van der Waals surface area contributed by atoms with Crippen LogP contribution in [0.25, 0.3) is 11.1 Å². The number of esters is 1. The van der Waals surface area contributed by atoms with Crippen molar-refractivity contribution in [2.24, 2.45) is 0 Å². The summed E-state index contributed by atoms with van der Waals surface area (Å²) in [6.07, 6.45) is 0.334. The number of carbonyl (C=O) groups excluding carboxylic acids is 3. The minimum atomic E-state index is -0.980. The second-order valence-corrected chi connectivity index (χ2v) is 10.5. The van der Waals surface area contributed by atoms with E-state index in [0.717, 1.165) is 27.8 Å². The molecule has 1 atom stereocenters. The Hall–Kier alpha value is -4.59. The van der Waals surface area contributed by atoms with Crippen LogP contribution >= 0.6 is 0 Å². The van der Waals surface area contributed by atoms with Crippen LogP contribution in [0.5, 0.6) is 0 Å². The van der Waals surface area contributed by atoms with Gasteiger partial charge in [-0.05, 0) is 60.7 Å². The normalized spacial score (nSPS) is 12.9. The number of benzene rings is 3. The highest BCUT2D eigenvalue weighted by Gasteiger charge is 2.31. The maximum Gasteiger partial charge on any atom is 0.411 e. The van der Waals surface area contributed by atoms with Crippen molar-refractivity contribution in [1.82, 2.24) is 5.32 Å². The zero-order valence-electron chi connectivity index (χ0n) is 22.9. The lowest BCUT2D eigenvalue weighted by Gasteiger charge is -2.25. The number of hydrogen-bond donors (Lipinski definition) is 2. The van der Waals surface area contributed by atoms with Crippen LogP contribution < -0.4 is 10.6 Å². The van der Waals surface area contributed by atoms with Gasteiger partial charge in [-0.25, -0.2) is 14.4 Å². The predicted octanol–water partition coefficient (Wildman–Crippen LogP) is 6.21. The number of amides is 2. The summed E-state index contributed by atoms with van der Waals surface area (Å²) in [4.78, 5) is 37.7. The molecular formula is C32H34N2O6. The summed E-state index contributed by atoms with van der Waals surface area (Å²) in [5.41, 5.74) is 4.99. The zero-order valence-corrected chi connectivity index (χ0v) is 22.9. The summed E-state index contributed by atoms with van der Waals surface area (Å²) in [5, 5.41) is 5.31. The second kappa shape index (κ2) is 12.5. The van der Waals surface area contributed by atoms with Crippen molar-refractivity contribution in [3.05, 3.63) is 102 Å². The average Bonchev–Trinajstić information content (AvgIpc) is 3.24. The van der Waals surface area contributed by atoms with E-state index in [1.807, 2.05) is 36.4 Å². The van der Waals surface area contributed by atoms with Crippen LogP contribution in [0.3, 0.4) is 0 Å². The largest absolute Gasteiger partial charge is 0.458 e. The highest BCUT2D eigenvalue weighted by atomic mass is 16.6. The Morgan fingerprint density at radius 3 is 2.05 bits per heavy atom. The van der Waals surface area contributed by atoms with E-state index in [2.05, 4.69) is 29.3 Å². The number of carbonyl (C=O) groups is 3. The van der Waals surface area contributed by atoms with Gasteiger partial charge in [-0.15, -0.1) is 0 Å². The Kier molecular flexibility index (Phi) is 8.89. The molecule has 8 nitrogen and oxygen atoms in total. The van der Waals surface area contributed by atoms with Crippen molar-refractivity contribution in [1.29, 1.82) is 0 Å². The molecule has 2 N–H and O–H groups in total. The molecule has 0 radical (unpaired) electrons. The van der Waals surface area contributed by atoms with Gasteiger partial charge >= 0.3 is 18.2 Å².